The van der Waals surface area contributed by atoms with E-state index in [4.69, 9.17) is 0 Å². The lowest BCUT2D eigenvalue weighted by molar-refractivity contribution is -0.384. The van der Waals surface area contributed by atoms with Crippen LogP contribution in [0.5, 0.6) is 5.75 Å². The van der Waals surface area contributed by atoms with Crippen LogP contribution in [0.4, 0.5) is 11.4 Å². The number of para-hydroxylation sites is 1. The third-order valence-electron chi connectivity index (χ3n) is 2.65. The van der Waals surface area contributed by atoms with Gasteiger partial charge in [-0.05, 0) is 27.0 Å². The van der Waals surface area contributed by atoms with E-state index < -0.39 is 16.4 Å². The van der Waals surface area contributed by atoms with Gasteiger partial charge in [-0.25, -0.2) is 0 Å². The Hall–Kier alpha value is -2.15. The fourth-order valence-electron chi connectivity index (χ4n) is 1.19. The molecule has 0 aliphatic rings. The third kappa shape index (κ3) is 2.75. The summed E-state index contributed by atoms with van der Waals surface area (Å²) < 4.78 is 0. The lowest BCUT2D eigenvalue weighted by Crippen LogP contribution is -2.47. The molecule has 3 N–H and O–H groups in total. The van der Waals surface area contributed by atoms with Crippen molar-refractivity contribution in [3.05, 3.63) is 28.3 Å². The molecular formula is C11H15N3O4. The number of phenols is 1. The number of nitro groups is 1. The molecule has 0 spiro atoms. The average molecular weight is 253 g/mol. The summed E-state index contributed by atoms with van der Waals surface area (Å²) in [5.41, 5.74) is -1.46. The number of anilines is 1. The van der Waals surface area contributed by atoms with Crippen LogP contribution in [0.2, 0.25) is 0 Å². The van der Waals surface area contributed by atoms with E-state index in [2.05, 4.69) is 10.6 Å². The van der Waals surface area contributed by atoms with Crippen molar-refractivity contribution < 1.29 is 14.8 Å². The van der Waals surface area contributed by atoms with Crippen LogP contribution in [0.3, 0.4) is 0 Å². The molecule has 0 heterocycles. The Morgan fingerprint density at radius 2 is 2.06 bits per heavy atom. The molecular weight excluding hydrogens is 238 g/mol. The second-order valence-electron chi connectivity index (χ2n) is 4.26. The van der Waals surface area contributed by atoms with E-state index >= 15 is 0 Å². The first-order valence-corrected chi connectivity index (χ1v) is 5.26. The zero-order valence-electron chi connectivity index (χ0n) is 10.4. The largest absolute Gasteiger partial charge is 0.505 e. The van der Waals surface area contributed by atoms with Gasteiger partial charge in [0, 0.05) is 6.07 Å². The molecule has 0 unspecified atom stereocenters. The number of carbonyl (C=O) groups excluding carboxylic acids is 1. The van der Waals surface area contributed by atoms with Crippen molar-refractivity contribution in [2.24, 2.45) is 0 Å². The third-order valence-corrected chi connectivity index (χ3v) is 2.65. The van der Waals surface area contributed by atoms with Crippen molar-refractivity contribution in [1.29, 1.82) is 0 Å². The number of hydrogen-bond acceptors (Lipinski definition) is 5. The fraction of sp³-hybridized carbons (Fsp3) is 0.364. The van der Waals surface area contributed by atoms with Gasteiger partial charge in [-0.2, -0.15) is 0 Å². The van der Waals surface area contributed by atoms with Gasteiger partial charge in [0.1, 0.15) is 5.75 Å². The lowest BCUT2D eigenvalue weighted by atomic mass is 10.0. The van der Waals surface area contributed by atoms with E-state index in [1.807, 2.05) is 0 Å². The Kier molecular flexibility index (Phi) is 3.87. The highest BCUT2D eigenvalue weighted by Crippen LogP contribution is 2.33. The summed E-state index contributed by atoms with van der Waals surface area (Å²) in [6.07, 6.45) is 0. The van der Waals surface area contributed by atoms with Gasteiger partial charge < -0.3 is 15.7 Å². The van der Waals surface area contributed by atoms with Crippen LogP contribution in [0.15, 0.2) is 18.2 Å². The predicted octanol–water partition coefficient (Wildman–Crippen LogP) is 1.24. The van der Waals surface area contributed by atoms with Crippen molar-refractivity contribution in [2.45, 2.75) is 19.4 Å². The maximum absolute atomic E-state index is 11.9. The van der Waals surface area contributed by atoms with Crippen LogP contribution >= 0.6 is 0 Å². The summed E-state index contributed by atoms with van der Waals surface area (Å²) in [6.45, 7) is 3.24. The Morgan fingerprint density at radius 3 is 2.56 bits per heavy atom. The van der Waals surface area contributed by atoms with Crippen LogP contribution in [-0.2, 0) is 4.79 Å². The molecule has 0 saturated heterocycles. The van der Waals surface area contributed by atoms with Crippen molar-refractivity contribution in [2.75, 3.05) is 12.4 Å². The van der Waals surface area contributed by atoms with E-state index in [1.165, 1.54) is 18.2 Å². The molecule has 1 aromatic rings. The molecule has 0 aliphatic carbocycles. The zero-order chi connectivity index (χ0) is 13.9. The number of carbonyl (C=O) groups is 1. The quantitative estimate of drug-likeness (QED) is 0.425. The molecule has 1 rings (SSSR count). The number of likely N-dealkylation sites (N-methyl/N-ethyl adjacent to an activating group) is 1. The lowest BCUT2D eigenvalue weighted by Gasteiger charge is -2.22. The Bertz CT molecular complexity index is 485. The molecule has 0 saturated carbocycles. The summed E-state index contributed by atoms with van der Waals surface area (Å²) in [7, 11) is 1.60. The van der Waals surface area contributed by atoms with Crippen LogP contribution in [0.1, 0.15) is 13.8 Å². The predicted molar refractivity (Wildman–Crippen MR) is 66.5 cm³/mol. The number of phenolic OH excluding ortho intramolecular Hbond substituents is 1. The number of nitrogens with zero attached hydrogens (tertiary/aromatic N) is 1. The summed E-state index contributed by atoms with van der Waals surface area (Å²) in [4.78, 5) is 22.0. The normalized spacial score (nSPS) is 11.1. The first kappa shape index (κ1) is 13.9. The number of amides is 1. The minimum atomic E-state index is -0.907. The summed E-state index contributed by atoms with van der Waals surface area (Å²) >= 11 is 0. The van der Waals surface area contributed by atoms with Gasteiger partial charge in [-0.15, -0.1) is 0 Å². The topological polar surface area (TPSA) is 104 Å². The first-order chi connectivity index (χ1) is 8.29. The molecule has 7 heteroatoms. The Morgan fingerprint density at radius 1 is 1.44 bits per heavy atom. The fourth-order valence-corrected chi connectivity index (χ4v) is 1.19. The summed E-state index contributed by atoms with van der Waals surface area (Å²) in [6, 6.07) is 3.82. The number of nitrogens with one attached hydrogen (secondary N) is 2. The highest BCUT2D eigenvalue weighted by Gasteiger charge is 2.28. The molecule has 0 aromatic heterocycles. The molecule has 0 aliphatic heterocycles. The van der Waals surface area contributed by atoms with Gasteiger partial charge in [0.25, 0.3) is 5.69 Å². The monoisotopic (exact) mass is 253 g/mol. The van der Waals surface area contributed by atoms with Crippen molar-refractivity contribution in [3.63, 3.8) is 0 Å². The Labute approximate surface area is 104 Å². The van der Waals surface area contributed by atoms with Crippen LogP contribution < -0.4 is 10.6 Å². The van der Waals surface area contributed by atoms with Gasteiger partial charge in [-0.1, -0.05) is 6.07 Å². The maximum atomic E-state index is 11.9. The summed E-state index contributed by atoms with van der Waals surface area (Å²) in [5.74, 6) is -0.820. The average Bonchev–Trinajstić information content (AvgIpc) is 2.31. The highest BCUT2D eigenvalue weighted by atomic mass is 16.6. The smallest absolute Gasteiger partial charge is 0.296 e. The van der Waals surface area contributed by atoms with E-state index in [0.717, 1.165) is 0 Å². The van der Waals surface area contributed by atoms with E-state index in [9.17, 15) is 20.0 Å². The Balaban J connectivity index is 3.12. The molecule has 0 fully saturated rings. The second kappa shape index (κ2) is 5.01. The van der Waals surface area contributed by atoms with E-state index in [0.29, 0.717) is 0 Å². The van der Waals surface area contributed by atoms with Gasteiger partial charge in [0.15, 0.2) is 5.69 Å². The van der Waals surface area contributed by atoms with E-state index in [-0.39, 0.29) is 17.1 Å². The van der Waals surface area contributed by atoms with E-state index in [1.54, 1.807) is 20.9 Å². The number of benzene rings is 1. The second-order valence-corrected chi connectivity index (χ2v) is 4.26. The molecule has 0 bridgehead atoms. The van der Waals surface area contributed by atoms with Crippen LogP contribution in [-0.4, -0.2) is 28.5 Å². The number of hydrogen-bond donors (Lipinski definition) is 3. The van der Waals surface area contributed by atoms with Crippen molar-refractivity contribution in [3.8, 4) is 5.75 Å². The minimum Gasteiger partial charge on any atom is -0.505 e. The molecule has 1 amide bonds. The maximum Gasteiger partial charge on any atom is 0.296 e. The molecule has 0 radical (unpaired) electrons. The van der Waals surface area contributed by atoms with Gasteiger partial charge in [-0.3, -0.25) is 14.9 Å². The zero-order valence-corrected chi connectivity index (χ0v) is 10.4. The van der Waals surface area contributed by atoms with Crippen molar-refractivity contribution >= 4 is 17.3 Å². The molecule has 18 heavy (non-hydrogen) atoms. The highest BCUT2D eigenvalue weighted by molar-refractivity contribution is 6.00. The molecule has 1 aromatic carbocycles. The molecule has 0 atom stereocenters. The standard InChI is InChI=1S/C11H15N3O4/c1-11(2,12-3)10(16)13-9-7(14(17)18)5-4-6-8(9)15/h4-6,12,15H,1-3H3,(H,13,16). The molecule has 7 nitrogen and oxygen atoms in total. The van der Waals surface area contributed by atoms with Gasteiger partial charge in [0.05, 0.1) is 10.5 Å². The SMILES string of the molecule is CNC(C)(C)C(=O)Nc1c(O)cccc1[N+](=O)[O-]. The first-order valence-electron chi connectivity index (χ1n) is 5.26. The van der Waals surface area contributed by atoms with Gasteiger partial charge >= 0.3 is 0 Å². The minimum absolute atomic E-state index is 0.198. The molecule has 98 valence electrons. The van der Waals surface area contributed by atoms with Gasteiger partial charge in [0.2, 0.25) is 5.91 Å². The van der Waals surface area contributed by atoms with Crippen molar-refractivity contribution in [1.82, 2.24) is 5.32 Å². The van der Waals surface area contributed by atoms with Crippen LogP contribution in [0.25, 0.3) is 0 Å². The number of aromatic hydroxyl groups is 1. The number of nitro benzene ring substituents is 1. The number of rotatable bonds is 4. The van der Waals surface area contributed by atoms with Crippen LogP contribution in [0, 0.1) is 10.1 Å². The summed E-state index contributed by atoms with van der Waals surface area (Å²) in [5, 5.41) is 25.5.